The summed E-state index contributed by atoms with van der Waals surface area (Å²) in [5.74, 6) is 0.757. The monoisotopic (exact) mass is 281 g/mol. The summed E-state index contributed by atoms with van der Waals surface area (Å²) in [5, 5.41) is 21.0. The number of nitrogens with zero attached hydrogens (tertiary/aromatic N) is 1. The molecule has 0 radical (unpaired) electrons. The lowest BCUT2D eigenvalue weighted by atomic mass is 10.0. The summed E-state index contributed by atoms with van der Waals surface area (Å²) < 4.78 is 6.08. The minimum atomic E-state index is -0.573. The highest BCUT2D eigenvalue weighted by Crippen LogP contribution is 2.49. The highest BCUT2D eigenvalue weighted by atomic mass is 16.5. The van der Waals surface area contributed by atoms with Crippen molar-refractivity contribution in [3.8, 4) is 11.8 Å². The molecule has 1 saturated carbocycles. The Hall–Kier alpha value is -2.05. The molecule has 21 heavy (non-hydrogen) atoms. The SMILES string of the molecule is CC(O)c1ccc2ccccc2c1OCC1(CC#N)CC1. The van der Waals surface area contributed by atoms with Gasteiger partial charge in [-0.3, -0.25) is 0 Å². The summed E-state index contributed by atoms with van der Waals surface area (Å²) in [5.41, 5.74) is 0.836. The molecule has 2 aromatic rings. The molecule has 0 spiro atoms. The Kier molecular flexibility index (Phi) is 3.57. The smallest absolute Gasteiger partial charge is 0.132 e. The number of hydrogen-bond donors (Lipinski definition) is 1. The number of hydrogen-bond acceptors (Lipinski definition) is 3. The number of ether oxygens (including phenoxy) is 1. The van der Waals surface area contributed by atoms with E-state index >= 15 is 0 Å². The van der Waals surface area contributed by atoms with Gasteiger partial charge < -0.3 is 9.84 Å². The first-order valence-electron chi connectivity index (χ1n) is 7.35. The van der Waals surface area contributed by atoms with E-state index in [4.69, 9.17) is 10.00 Å². The van der Waals surface area contributed by atoms with Gasteiger partial charge in [-0.05, 0) is 25.2 Å². The van der Waals surface area contributed by atoms with Crippen molar-refractivity contribution in [2.75, 3.05) is 6.61 Å². The largest absolute Gasteiger partial charge is 0.492 e. The van der Waals surface area contributed by atoms with E-state index < -0.39 is 6.10 Å². The molecule has 1 aliphatic rings. The summed E-state index contributed by atoms with van der Waals surface area (Å²) in [6.07, 6.45) is 2.07. The summed E-state index contributed by atoms with van der Waals surface area (Å²) in [6, 6.07) is 14.2. The van der Waals surface area contributed by atoms with Crippen LogP contribution in [0.2, 0.25) is 0 Å². The number of aliphatic hydroxyl groups excluding tert-OH is 1. The van der Waals surface area contributed by atoms with Crippen LogP contribution in [0, 0.1) is 16.7 Å². The van der Waals surface area contributed by atoms with Gasteiger partial charge >= 0.3 is 0 Å². The molecule has 0 bridgehead atoms. The molecule has 2 aromatic carbocycles. The Bertz CT molecular complexity index is 696. The van der Waals surface area contributed by atoms with Crippen molar-refractivity contribution in [2.45, 2.75) is 32.3 Å². The minimum Gasteiger partial charge on any atom is -0.492 e. The second kappa shape index (κ2) is 5.38. The summed E-state index contributed by atoms with van der Waals surface area (Å²) in [4.78, 5) is 0. The lowest BCUT2D eigenvalue weighted by molar-refractivity contribution is 0.184. The van der Waals surface area contributed by atoms with Crippen LogP contribution < -0.4 is 4.74 Å². The van der Waals surface area contributed by atoms with Gasteiger partial charge in [0.05, 0.1) is 18.8 Å². The Morgan fingerprint density at radius 3 is 2.71 bits per heavy atom. The van der Waals surface area contributed by atoms with Crippen molar-refractivity contribution < 1.29 is 9.84 Å². The fraction of sp³-hybridized carbons (Fsp3) is 0.389. The molecule has 1 N–H and O–H groups in total. The van der Waals surface area contributed by atoms with Gasteiger partial charge in [-0.2, -0.15) is 5.26 Å². The molecule has 1 fully saturated rings. The second-order valence-electron chi connectivity index (χ2n) is 6.00. The topological polar surface area (TPSA) is 53.2 Å². The third kappa shape index (κ3) is 2.72. The zero-order chi connectivity index (χ0) is 14.9. The van der Waals surface area contributed by atoms with Gasteiger partial charge in [0.25, 0.3) is 0 Å². The van der Waals surface area contributed by atoms with Crippen LogP contribution in [-0.4, -0.2) is 11.7 Å². The van der Waals surface area contributed by atoms with Crippen molar-refractivity contribution in [1.82, 2.24) is 0 Å². The van der Waals surface area contributed by atoms with Gasteiger partial charge in [-0.25, -0.2) is 0 Å². The van der Waals surface area contributed by atoms with E-state index in [9.17, 15) is 5.11 Å². The van der Waals surface area contributed by atoms with Gasteiger partial charge in [0.1, 0.15) is 5.75 Å². The van der Waals surface area contributed by atoms with Crippen LogP contribution in [-0.2, 0) is 0 Å². The average molecular weight is 281 g/mol. The van der Waals surface area contributed by atoms with Gasteiger partial charge in [0.2, 0.25) is 0 Å². The first kappa shape index (κ1) is 13.9. The van der Waals surface area contributed by atoms with Gasteiger partial charge in [-0.1, -0.05) is 36.4 Å². The molecule has 3 heteroatoms. The van der Waals surface area contributed by atoms with E-state index in [0.717, 1.165) is 34.9 Å². The van der Waals surface area contributed by atoms with Gasteiger partial charge in [-0.15, -0.1) is 0 Å². The van der Waals surface area contributed by atoms with Crippen LogP contribution in [0.1, 0.15) is 37.9 Å². The summed E-state index contributed by atoms with van der Waals surface area (Å²) >= 11 is 0. The normalized spacial score (nSPS) is 17.2. The molecule has 3 rings (SSSR count). The molecule has 0 heterocycles. The predicted octanol–water partition coefficient (Wildman–Crippen LogP) is 3.97. The third-order valence-corrected chi connectivity index (χ3v) is 4.29. The first-order valence-corrected chi connectivity index (χ1v) is 7.35. The Balaban J connectivity index is 1.95. The molecule has 3 nitrogen and oxygen atoms in total. The van der Waals surface area contributed by atoms with Crippen LogP contribution in [0.3, 0.4) is 0 Å². The molecule has 0 aromatic heterocycles. The van der Waals surface area contributed by atoms with Gasteiger partial charge in [0, 0.05) is 22.8 Å². The van der Waals surface area contributed by atoms with E-state index in [1.807, 2.05) is 36.4 Å². The predicted molar refractivity (Wildman–Crippen MR) is 82.0 cm³/mol. The summed E-state index contributed by atoms with van der Waals surface area (Å²) in [6.45, 7) is 2.30. The standard InChI is InChI=1S/C18H19NO2/c1-13(20)15-7-6-14-4-2-3-5-16(14)17(15)21-12-18(8-9-18)10-11-19/h2-7,13,20H,8-10,12H2,1H3. The van der Waals surface area contributed by atoms with Crippen molar-refractivity contribution >= 4 is 10.8 Å². The fourth-order valence-corrected chi connectivity index (χ4v) is 2.69. The maximum atomic E-state index is 9.98. The van der Waals surface area contributed by atoms with Crippen LogP contribution in [0.25, 0.3) is 10.8 Å². The number of rotatable bonds is 5. The molecular weight excluding hydrogens is 262 g/mol. The highest BCUT2D eigenvalue weighted by molar-refractivity contribution is 5.89. The zero-order valence-electron chi connectivity index (χ0n) is 12.2. The number of aliphatic hydroxyl groups is 1. The first-order chi connectivity index (χ1) is 10.2. The van der Waals surface area contributed by atoms with E-state index in [-0.39, 0.29) is 5.41 Å². The molecule has 108 valence electrons. The number of benzene rings is 2. The van der Waals surface area contributed by atoms with E-state index in [2.05, 4.69) is 6.07 Å². The average Bonchev–Trinajstić information content (AvgIpc) is 3.25. The lowest BCUT2D eigenvalue weighted by Crippen LogP contribution is -2.14. The van der Waals surface area contributed by atoms with Crippen LogP contribution in [0.15, 0.2) is 36.4 Å². The maximum absolute atomic E-state index is 9.98. The third-order valence-electron chi connectivity index (χ3n) is 4.29. The molecule has 1 atom stereocenters. The summed E-state index contributed by atoms with van der Waals surface area (Å²) in [7, 11) is 0. The van der Waals surface area contributed by atoms with Crippen molar-refractivity contribution in [2.24, 2.45) is 5.41 Å². The van der Waals surface area contributed by atoms with Crippen LogP contribution in [0.4, 0.5) is 0 Å². The highest BCUT2D eigenvalue weighted by Gasteiger charge is 2.43. The van der Waals surface area contributed by atoms with E-state index in [0.29, 0.717) is 13.0 Å². The zero-order valence-corrected chi connectivity index (χ0v) is 12.2. The fourth-order valence-electron chi connectivity index (χ4n) is 2.69. The van der Waals surface area contributed by atoms with Gasteiger partial charge in [0.15, 0.2) is 0 Å². The number of fused-ring (bicyclic) bond motifs is 1. The second-order valence-corrected chi connectivity index (χ2v) is 6.00. The Labute approximate surface area is 124 Å². The molecular formula is C18H19NO2. The number of nitriles is 1. The molecule has 1 aliphatic carbocycles. The molecule has 1 unspecified atom stereocenters. The van der Waals surface area contributed by atoms with Crippen LogP contribution >= 0.6 is 0 Å². The van der Waals surface area contributed by atoms with Crippen molar-refractivity contribution in [3.63, 3.8) is 0 Å². The molecule has 0 amide bonds. The quantitative estimate of drug-likeness (QED) is 0.902. The Morgan fingerprint density at radius 2 is 2.05 bits per heavy atom. The maximum Gasteiger partial charge on any atom is 0.132 e. The van der Waals surface area contributed by atoms with Crippen LogP contribution in [0.5, 0.6) is 5.75 Å². The van der Waals surface area contributed by atoms with Crippen molar-refractivity contribution in [1.29, 1.82) is 5.26 Å². The molecule has 0 aliphatic heterocycles. The Morgan fingerprint density at radius 1 is 1.29 bits per heavy atom. The van der Waals surface area contributed by atoms with Crippen molar-refractivity contribution in [3.05, 3.63) is 42.0 Å². The van der Waals surface area contributed by atoms with E-state index in [1.165, 1.54) is 0 Å². The lowest BCUT2D eigenvalue weighted by Gasteiger charge is -2.19. The minimum absolute atomic E-state index is 0.0294. The molecule has 0 saturated heterocycles. The van der Waals surface area contributed by atoms with E-state index in [1.54, 1.807) is 6.92 Å².